The molecule has 4 rings (SSSR count). The molecule has 1 aromatic carbocycles. The Morgan fingerprint density at radius 2 is 1.85 bits per heavy atom. The molecule has 0 aliphatic heterocycles. The minimum atomic E-state index is -1.57. The van der Waals surface area contributed by atoms with Gasteiger partial charge in [-0.05, 0) is 67.4 Å². The van der Waals surface area contributed by atoms with Gasteiger partial charge in [-0.2, -0.15) is 4.89 Å². The van der Waals surface area contributed by atoms with Crippen LogP contribution in [-0.2, 0) is 33.9 Å². The Balaban J connectivity index is 1.80. The van der Waals surface area contributed by atoms with Crippen LogP contribution in [0.2, 0.25) is 0 Å². The second-order valence-corrected chi connectivity index (χ2v) is 11.9. The maximum atomic E-state index is 14.4. The molecule has 0 aromatic heterocycles. The summed E-state index contributed by atoms with van der Waals surface area (Å²) in [6.07, 6.45) is 2.29. The summed E-state index contributed by atoms with van der Waals surface area (Å²) in [6, 6.07) is 9.39. The van der Waals surface area contributed by atoms with Gasteiger partial charge in [0.25, 0.3) is 0 Å². The van der Waals surface area contributed by atoms with Crippen LogP contribution < -0.4 is 0 Å². The lowest BCUT2D eigenvalue weighted by atomic mass is 9.68. The van der Waals surface area contributed by atoms with E-state index in [-0.39, 0.29) is 36.1 Å². The number of ketones is 1. The highest BCUT2D eigenvalue weighted by atomic mass is 17.2. The molecular formula is C32H42O7. The van der Waals surface area contributed by atoms with Gasteiger partial charge in [-0.15, -0.1) is 0 Å². The summed E-state index contributed by atoms with van der Waals surface area (Å²) in [4.78, 5) is 51.4. The monoisotopic (exact) mass is 538 g/mol. The first-order valence-electron chi connectivity index (χ1n) is 13.9. The molecule has 2 fully saturated rings. The molecular weight excluding hydrogens is 496 g/mol. The minimum absolute atomic E-state index is 0.0649. The van der Waals surface area contributed by atoms with Gasteiger partial charge < -0.3 is 9.62 Å². The van der Waals surface area contributed by atoms with Crippen molar-refractivity contribution in [2.45, 2.75) is 66.1 Å². The van der Waals surface area contributed by atoms with Crippen LogP contribution >= 0.6 is 0 Å². The van der Waals surface area contributed by atoms with Crippen molar-refractivity contribution in [2.24, 2.45) is 34.5 Å². The summed E-state index contributed by atoms with van der Waals surface area (Å²) in [5.74, 6) is -0.991. The van der Waals surface area contributed by atoms with Gasteiger partial charge in [0.05, 0.1) is 13.7 Å². The summed E-state index contributed by atoms with van der Waals surface area (Å²) in [7, 11) is 1.31. The average Bonchev–Trinajstić information content (AvgIpc) is 3.30. The number of methoxy groups -OCH3 is 1. The van der Waals surface area contributed by atoms with Crippen molar-refractivity contribution >= 4 is 17.5 Å². The lowest BCUT2D eigenvalue weighted by molar-refractivity contribution is -0.347. The molecule has 3 aliphatic carbocycles. The van der Waals surface area contributed by atoms with Crippen molar-refractivity contribution in [1.29, 1.82) is 0 Å². The number of hydrogen-bond acceptors (Lipinski definition) is 7. The summed E-state index contributed by atoms with van der Waals surface area (Å²) in [6.45, 7) is 18.7. The van der Waals surface area contributed by atoms with Gasteiger partial charge in [-0.25, -0.2) is 9.78 Å². The van der Waals surface area contributed by atoms with Gasteiger partial charge in [0.1, 0.15) is 17.6 Å². The predicted molar refractivity (Wildman–Crippen MR) is 148 cm³/mol. The zero-order valence-electron chi connectivity index (χ0n) is 24.0. The van der Waals surface area contributed by atoms with Crippen molar-refractivity contribution in [1.82, 2.24) is 0 Å². The Labute approximate surface area is 232 Å². The number of carbonyl (C=O) groups is 2. The molecule has 0 spiro atoms. The minimum Gasteiger partial charge on any atom is -0.468 e. The number of ether oxygens (including phenoxy) is 1. The number of hydrogen-bond donors (Lipinski definition) is 0. The van der Waals surface area contributed by atoms with Gasteiger partial charge in [-0.3, -0.25) is 9.59 Å². The van der Waals surface area contributed by atoms with Crippen molar-refractivity contribution in [3.8, 4) is 0 Å². The van der Waals surface area contributed by atoms with Crippen LogP contribution in [0.15, 0.2) is 60.7 Å². The van der Waals surface area contributed by atoms with E-state index in [4.69, 9.17) is 24.3 Å². The number of Topliss-reactive ketones (excluding diaryl/α,β-unsaturated/α-hetero) is 1. The molecule has 3 aliphatic rings. The molecule has 0 radical (unpaired) electrons. The van der Waals surface area contributed by atoms with Gasteiger partial charge in [0.15, 0.2) is 11.5 Å². The first kappa shape index (κ1) is 29.2. The Morgan fingerprint density at radius 1 is 1.15 bits per heavy atom. The third kappa shape index (κ3) is 5.24. The quantitative estimate of drug-likeness (QED) is 0.0964. The zero-order chi connectivity index (χ0) is 28.5. The fraction of sp³-hybridized carbons (Fsp3) is 0.562. The normalized spacial score (nSPS) is 35.1. The molecule has 7 heteroatoms. The van der Waals surface area contributed by atoms with E-state index in [9.17, 15) is 9.59 Å². The van der Waals surface area contributed by atoms with Gasteiger partial charge in [0, 0.05) is 11.5 Å². The van der Waals surface area contributed by atoms with Crippen molar-refractivity contribution in [3.05, 3.63) is 66.3 Å². The highest BCUT2D eigenvalue weighted by Gasteiger charge is 2.67. The lowest BCUT2D eigenvalue weighted by Gasteiger charge is -2.38. The third-order valence-electron chi connectivity index (χ3n) is 9.16. The van der Waals surface area contributed by atoms with Crippen LogP contribution in [0.5, 0.6) is 0 Å². The molecule has 0 N–H and O–H groups in total. The smallest absolute Gasteiger partial charge is 0.320 e. The van der Waals surface area contributed by atoms with E-state index >= 15 is 0 Å². The molecule has 0 heterocycles. The first-order valence-corrected chi connectivity index (χ1v) is 13.9. The molecule has 39 heavy (non-hydrogen) atoms. The van der Waals surface area contributed by atoms with Crippen LogP contribution in [0.4, 0.5) is 0 Å². The topological polar surface area (TPSA) is 80.3 Å². The standard InChI is InChI=1S/C32H42O7/c1-9-36-38-27-19(2)15-16-24-25(31(24,6)7)17-20(3)29(33)32(30(34)35-8)18-21(4)28(26(27)32)39-37-22(5)23-13-11-10-12-14-23/h10-14,17,21,24-28H,2,5,9,15-16,18H2,1,3-4,6-8H3/b20-17+/t21-,24-,25+,26-,27-,28-,32+/m0/s1. The number of carbonyl (C=O) groups excluding carboxylic acids is 2. The molecule has 0 amide bonds. The Kier molecular flexibility index (Phi) is 8.55. The largest absolute Gasteiger partial charge is 0.468 e. The summed E-state index contributed by atoms with van der Waals surface area (Å²) in [5.41, 5.74) is 0.555. The summed E-state index contributed by atoms with van der Waals surface area (Å²) in [5, 5.41) is 0. The molecule has 1 aromatic rings. The number of rotatable bonds is 8. The van der Waals surface area contributed by atoms with E-state index in [0.717, 1.165) is 17.6 Å². The SMILES string of the molecule is C=C(OO[C@@H]1[C@@H]2[C@@H](OOCC)C(=C)CC[C@H]3[C@@H](/C=C(\C)C(=O)[C@@]2(C(=O)OC)C[C@@H]1C)C3(C)C)c1ccccc1. The third-order valence-corrected chi connectivity index (χ3v) is 9.16. The average molecular weight is 539 g/mol. The summed E-state index contributed by atoms with van der Waals surface area (Å²) < 4.78 is 5.34. The summed E-state index contributed by atoms with van der Waals surface area (Å²) >= 11 is 0. The molecule has 7 nitrogen and oxygen atoms in total. The first-order chi connectivity index (χ1) is 18.5. The molecule has 0 unspecified atom stereocenters. The molecule has 212 valence electrons. The fourth-order valence-electron chi connectivity index (χ4n) is 6.88. The Morgan fingerprint density at radius 3 is 2.49 bits per heavy atom. The predicted octanol–water partition coefficient (Wildman–Crippen LogP) is 6.26. The van der Waals surface area contributed by atoms with Crippen LogP contribution in [0.3, 0.4) is 0 Å². The second kappa shape index (κ2) is 11.4. The van der Waals surface area contributed by atoms with Gasteiger partial charge in [0.2, 0.25) is 0 Å². The Hall–Kier alpha value is -2.74. The van der Waals surface area contributed by atoms with Crippen LogP contribution in [0, 0.1) is 34.5 Å². The molecule has 0 bridgehead atoms. The second-order valence-electron chi connectivity index (χ2n) is 11.9. The molecule has 7 atom stereocenters. The number of benzene rings is 1. The number of fused-ring (bicyclic) bond motifs is 2. The van der Waals surface area contributed by atoms with E-state index in [1.807, 2.05) is 50.3 Å². The number of esters is 1. The van der Waals surface area contributed by atoms with E-state index in [1.165, 1.54) is 7.11 Å². The highest BCUT2D eigenvalue weighted by molar-refractivity contribution is 6.12. The van der Waals surface area contributed by atoms with E-state index < -0.39 is 29.5 Å². The van der Waals surface area contributed by atoms with Crippen LogP contribution in [0.1, 0.15) is 59.4 Å². The van der Waals surface area contributed by atoms with Crippen molar-refractivity contribution in [2.75, 3.05) is 13.7 Å². The van der Waals surface area contributed by atoms with Gasteiger partial charge in [-0.1, -0.05) is 70.3 Å². The fourth-order valence-corrected chi connectivity index (χ4v) is 6.88. The Bertz CT molecular complexity index is 1140. The zero-order valence-corrected chi connectivity index (χ0v) is 24.0. The molecule has 0 saturated heterocycles. The maximum absolute atomic E-state index is 14.4. The van der Waals surface area contributed by atoms with Crippen LogP contribution in [0.25, 0.3) is 5.76 Å². The van der Waals surface area contributed by atoms with Crippen LogP contribution in [-0.4, -0.2) is 37.7 Å². The van der Waals surface area contributed by atoms with Crippen molar-refractivity contribution in [3.63, 3.8) is 0 Å². The lowest BCUT2D eigenvalue weighted by Crippen LogP contribution is -2.52. The van der Waals surface area contributed by atoms with Crippen molar-refractivity contribution < 1.29 is 33.9 Å². The van der Waals surface area contributed by atoms with E-state index in [0.29, 0.717) is 23.7 Å². The van der Waals surface area contributed by atoms with E-state index in [2.05, 4.69) is 27.0 Å². The van der Waals surface area contributed by atoms with E-state index in [1.54, 1.807) is 6.92 Å². The molecule has 2 saturated carbocycles. The number of allylic oxidation sites excluding steroid dienone is 2. The van der Waals surface area contributed by atoms with Gasteiger partial charge >= 0.3 is 5.97 Å². The highest BCUT2D eigenvalue weighted by Crippen LogP contribution is 2.63. The maximum Gasteiger partial charge on any atom is 0.320 e.